The Labute approximate surface area is 113 Å². The Balaban J connectivity index is 2.33. The van der Waals surface area contributed by atoms with Crippen molar-refractivity contribution < 1.29 is 14.7 Å². The molecule has 20 heavy (non-hydrogen) atoms. The second kappa shape index (κ2) is 4.96. The van der Waals surface area contributed by atoms with Crippen molar-refractivity contribution in [2.75, 3.05) is 19.8 Å². The van der Waals surface area contributed by atoms with Gasteiger partial charge in [0, 0.05) is 14.1 Å². The lowest BCUT2D eigenvalue weighted by Crippen LogP contribution is -2.23. The number of hydrogen-bond acceptors (Lipinski definition) is 6. The summed E-state index contributed by atoms with van der Waals surface area (Å²) in [6, 6.07) is 2.98. The Hall–Kier alpha value is -2.97. The van der Waals surface area contributed by atoms with Gasteiger partial charge in [0.25, 0.3) is 5.91 Å². The van der Waals surface area contributed by atoms with Crippen molar-refractivity contribution in [3.05, 3.63) is 29.7 Å². The minimum atomic E-state index is -1.23. The highest BCUT2D eigenvalue weighted by Gasteiger charge is 2.15. The van der Waals surface area contributed by atoms with Crippen LogP contribution in [0.5, 0.6) is 0 Å². The van der Waals surface area contributed by atoms with Crippen molar-refractivity contribution in [3.8, 4) is 5.82 Å². The lowest BCUT2D eigenvalue weighted by Gasteiger charge is -2.08. The van der Waals surface area contributed by atoms with Crippen molar-refractivity contribution in [2.45, 2.75) is 0 Å². The number of nitrogens with two attached hydrogens (primary N) is 1. The standard InChI is InChI=1S/C11H12N6O3/c1-16(2)10(18)7-3-4-8(14-13-7)17-5-6(12)9(15-17)11(19)20/h3-5H,12H2,1-2H3,(H,19,20). The molecule has 2 rings (SSSR count). The number of carbonyl (C=O) groups is 2. The molecule has 0 unspecified atom stereocenters. The maximum Gasteiger partial charge on any atom is 0.358 e. The van der Waals surface area contributed by atoms with Crippen LogP contribution in [0.4, 0.5) is 5.69 Å². The molecule has 0 aromatic carbocycles. The van der Waals surface area contributed by atoms with E-state index in [1.807, 2.05) is 0 Å². The first-order valence-electron chi connectivity index (χ1n) is 5.54. The Morgan fingerprint density at radius 3 is 2.45 bits per heavy atom. The van der Waals surface area contributed by atoms with Crippen LogP contribution in [-0.4, -0.2) is 56.0 Å². The van der Waals surface area contributed by atoms with Crippen LogP contribution in [0, 0.1) is 0 Å². The molecule has 9 nitrogen and oxygen atoms in total. The SMILES string of the molecule is CN(C)C(=O)c1ccc(-n2cc(N)c(C(=O)O)n2)nn1. The fourth-order valence-electron chi connectivity index (χ4n) is 1.46. The van der Waals surface area contributed by atoms with E-state index in [4.69, 9.17) is 10.8 Å². The lowest BCUT2D eigenvalue weighted by atomic mass is 10.3. The molecule has 0 spiro atoms. The monoisotopic (exact) mass is 276 g/mol. The molecule has 0 saturated carbocycles. The molecule has 0 aliphatic heterocycles. The molecule has 104 valence electrons. The first kappa shape index (κ1) is 13.5. The summed E-state index contributed by atoms with van der Waals surface area (Å²) in [6.45, 7) is 0. The fraction of sp³-hybridized carbons (Fsp3) is 0.182. The third-order valence-electron chi connectivity index (χ3n) is 2.46. The fourth-order valence-corrected chi connectivity index (χ4v) is 1.46. The maximum atomic E-state index is 11.6. The van der Waals surface area contributed by atoms with Crippen molar-refractivity contribution >= 4 is 17.6 Å². The van der Waals surface area contributed by atoms with Gasteiger partial charge in [-0.3, -0.25) is 4.79 Å². The molecule has 0 fully saturated rings. The molecule has 1 amide bonds. The van der Waals surface area contributed by atoms with Crippen LogP contribution in [0.1, 0.15) is 21.0 Å². The van der Waals surface area contributed by atoms with Gasteiger partial charge in [-0.05, 0) is 12.1 Å². The first-order chi connectivity index (χ1) is 9.40. The summed E-state index contributed by atoms with van der Waals surface area (Å²) in [7, 11) is 3.20. The largest absolute Gasteiger partial charge is 0.476 e. The first-order valence-corrected chi connectivity index (χ1v) is 5.54. The Bertz CT molecular complexity index is 661. The van der Waals surface area contributed by atoms with Crippen molar-refractivity contribution in [3.63, 3.8) is 0 Å². The van der Waals surface area contributed by atoms with E-state index in [0.29, 0.717) is 0 Å². The predicted molar refractivity (Wildman–Crippen MR) is 68.5 cm³/mol. The van der Waals surface area contributed by atoms with Crippen LogP contribution in [0.15, 0.2) is 18.3 Å². The van der Waals surface area contributed by atoms with Gasteiger partial charge in [-0.15, -0.1) is 10.2 Å². The van der Waals surface area contributed by atoms with Crippen LogP contribution in [-0.2, 0) is 0 Å². The molecule has 2 aromatic rings. The number of aromatic carboxylic acids is 1. The summed E-state index contributed by atoms with van der Waals surface area (Å²) < 4.78 is 1.19. The van der Waals surface area contributed by atoms with Crippen LogP contribution in [0.3, 0.4) is 0 Å². The van der Waals surface area contributed by atoms with Gasteiger partial charge < -0.3 is 15.7 Å². The van der Waals surface area contributed by atoms with E-state index in [-0.39, 0.29) is 28.8 Å². The third kappa shape index (κ3) is 2.41. The van der Waals surface area contributed by atoms with Crippen molar-refractivity contribution in [1.82, 2.24) is 24.9 Å². The van der Waals surface area contributed by atoms with E-state index in [9.17, 15) is 9.59 Å². The number of carboxylic acids is 1. The summed E-state index contributed by atoms with van der Waals surface area (Å²) in [4.78, 5) is 23.9. The number of carboxylic acid groups (broad SMARTS) is 1. The predicted octanol–water partition coefficient (Wildman–Crippen LogP) is -0.356. The average molecular weight is 276 g/mol. The summed E-state index contributed by atoms with van der Waals surface area (Å²) in [5.74, 6) is -1.25. The highest BCUT2D eigenvalue weighted by atomic mass is 16.4. The van der Waals surface area contributed by atoms with Gasteiger partial charge in [0.1, 0.15) is 0 Å². The number of nitrogens with zero attached hydrogens (tertiary/aromatic N) is 5. The summed E-state index contributed by atoms with van der Waals surface area (Å²) in [5.41, 5.74) is 5.46. The molecule has 0 aliphatic carbocycles. The molecule has 0 atom stereocenters. The number of anilines is 1. The van der Waals surface area contributed by atoms with E-state index in [1.54, 1.807) is 14.1 Å². The number of rotatable bonds is 3. The second-order valence-corrected chi connectivity index (χ2v) is 4.16. The summed E-state index contributed by atoms with van der Waals surface area (Å²) in [5, 5.41) is 20.2. The lowest BCUT2D eigenvalue weighted by molar-refractivity contribution is 0.0690. The van der Waals surface area contributed by atoms with E-state index < -0.39 is 5.97 Å². The van der Waals surface area contributed by atoms with E-state index in [1.165, 1.54) is 27.9 Å². The normalized spacial score (nSPS) is 10.3. The molecule has 0 saturated heterocycles. The van der Waals surface area contributed by atoms with Gasteiger partial charge in [-0.2, -0.15) is 5.10 Å². The summed E-state index contributed by atoms with van der Waals surface area (Å²) >= 11 is 0. The molecule has 9 heteroatoms. The maximum absolute atomic E-state index is 11.6. The molecule has 2 aromatic heterocycles. The molecule has 0 bridgehead atoms. The molecular weight excluding hydrogens is 264 g/mol. The van der Waals surface area contributed by atoms with Crippen LogP contribution in [0.25, 0.3) is 5.82 Å². The molecule has 3 N–H and O–H groups in total. The average Bonchev–Trinajstić information content (AvgIpc) is 2.80. The van der Waals surface area contributed by atoms with Crippen molar-refractivity contribution in [2.24, 2.45) is 0 Å². The number of hydrogen-bond donors (Lipinski definition) is 2. The highest BCUT2D eigenvalue weighted by molar-refractivity contribution is 5.92. The Kier molecular flexibility index (Phi) is 3.34. The Morgan fingerprint density at radius 2 is 2.00 bits per heavy atom. The zero-order valence-corrected chi connectivity index (χ0v) is 10.8. The highest BCUT2D eigenvalue weighted by Crippen LogP contribution is 2.12. The second-order valence-electron chi connectivity index (χ2n) is 4.16. The van der Waals surface area contributed by atoms with Gasteiger partial charge in [0.05, 0.1) is 11.9 Å². The minimum absolute atomic E-state index is 0.0211. The van der Waals surface area contributed by atoms with Gasteiger partial charge >= 0.3 is 5.97 Å². The van der Waals surface area contributed by atoms with Crippen LogP contribution >= 0.6 is 0 Å². The minimum Gasteiger partial charge on any atom is -0.476 e. The van der Waals surface area contributed by atoms with Crippen LogP contribution in [0.2, 0.25) is 0 Å². The topological polar surface area (TPSA) is 127 Å². The molecular formula is C11H12N6O3. The smallest absolute Gasteiger partial charge is 0.358 e. The number of amides is 1. The zero-order chi connectivity index (χ0) is 14.9. The molecule has 0 radical (unpaired) electrons. The van der Waals surface area contributed by atoms with Gasteiger partial charge in [0.2, 0.25) is 0 Å². The van der Waals surface area contributed by atoms with Gasteiger partial charge in [-0.25, -0.2) is 9.48 Å². The number of aromatic nitrogens is 4. The quantitative estimate of drug-likeness (QED) is 0.783. The third-order valence-corrected chi connectivity index (χ3v) is 2.46. The van der Waals surface area contributed by atoms with E-state index >= 15 is 0 Å². The summed E-state index contributed by atoms with van der Waals surface area (Å²) in [6.07, 6.45) is 1.32. The Morgan fingerprint density at radius 1 is 1.30 bits per heavy atom. The van der Waals surface area contributed by atoms with E-state index in [2.05, 4.69) is 15.3 Å². The molecule has 2 heterocycles. The van der Waals surface area contributed by atoms with E-state index in [0.717, 1.165) is 0 Å². The zero-order valence-electron chi connectivity index (χ0n) is 10.8. The van der Waals surface area contributed by atoms with Gasteiger partial charge in [-0.1, -0.05) is 0 Å². The molecule has 0 aliphatic rings. The van der Waals surface area contributed by atoms with Gasteiger partial charge in [0.15, 0.2) is 17.2 Å². The number of carbonyl (C=O) groups excluding carboxylic acids is 1. The number of nitrogen functional groups attached to an aromatic ring is 1. The van der Waals surface area contributed by atoms with Crippen LogP contribution < -0.4 is 5.73 Å². The van der Waals surface area contributed by atoms with Crippen molar-refractivity contribution in [1.29, 1.82) is 0 Å².